The van der Waals surface area contributed by atoms with Gasteiger partial charge in [0.1, 0.15) is 12.1 Å². The predicted molar refractivity (Wildman–Crippen MR) is 74.0 cm³/mol. The van der Waals surface area contributed by atoms with Crippen molar-refractivity contribution >= 4 is 33.7 Å². The summed E-state index contributed by atoms with van der Waals surface area (Å²) >= 11 is 4.54. The minimum atomic E-state index is -0.899. The van der Waals surface area contributed by atoms with Crippen molar-refractivity contribution in [2.45, 2.75) is 5.16 Å². The van der Waals surface area contributed by atoms with Crippen molar-refractivity contribution in [1.82, 2.24) is 14.8 Å². The lowest BCUT2D eigenvalue weighted by Gasteiger charge is -2.09. The van der Waals surface area contributed by atoms with E-state index >= 15 is 0 Å². The summed E-state index contributed by atoms with van der Waals surface area (Å²) in [5, 5.41) is 16.9. The molecule has 2 aromatic rings. The molecule has 8 heteroatoms. The third-order valence-corrected chi connectivity index (χ3v) is 3.85. The fourth-order valence-electron chi connectivity index (χ4n) is 1.42. The van der Waals surface area contributed by atoms with Gasteiger partial charge in [-0.25, -0.2) is 0 Å². The van der Waals surface area contributed by atoms with Gasteiger partial charge in [0.15, 0.2) is 5.16 Å². The number of carboxylic acid groups (broad SMARTS) is 1. The van der Waals surface area contributed by atoms with Crippen LogP contribution in [-0.4, -0.2) is 38.7 Å². The van der Waals surface area contributed by atoms with Gasteiger partial charge in [0.2, 0.25) is 0 Å². The second-order valence-electron chi connectivity index (χ2n) is 3.48. The summed E-state index contributed by atoms with van der Waals surface area (Å²) in [7, 11) is 1.58. The summed E-state index contributed by atoms with van der Waals surface area (Å²) < 4.78 is 7.72. The van der Waals surface area contributed by atoms with Crippen LogP contribution in [0.5, 0.6) is 5.75 Å². The molecule has 0 radical (unpaired) electrons. The first-order chi connectivity index (χ1) is 9.11. The molecule has 0 saturated carbocycles. The Morgan fingerprint density at radius 1 is 1.58 bits per heavy atom. The number of carboxylic acids is 1. The van der Waals surface area contributed by atoms with E-state index in [0.717, 1.165) is 21.9 Å². The zero-order valence-corrected chi connectivity index (χ0v) is 12.3. The Bertz CT molecular complexity index is 603. The molecule has 0 aliphatic heterocycles. The second-order valence-corrected chi connectivity index (χ2v) is 5.28. The molecule has 1 aromatic carbocycles. The molecule has 2 rings (SSSR count). The summed E-state index contributed by atoms with van der Waals surface area (Å²) in [5.74, 6) is -0.273. The Hall–Kier alpha value is -1.54. The number of benzene rings is 1. The number of thioether (sulfide) groups is 1. The molecule has 1 aromatic heterocycles. The highest BCUT2D eigenvalue weighted by Gasteiger charge is 2.12. The third-order valence-electron chi connectivity index (χ3n) is 2.25. The van der Waals surface area contributed by atoms with Crippen LogP contribution in [0.15, 0.2) is 34.2 Å². The molecule has 19 heavy (non-hydrogen) atoms. The molecule has 100 valence electrons. The van der Waals surface area contributed by atoms with Crippen molar-refractivity contribution in [3.8, 4) is 11.4 Å². The Balaban J connectivity index is 2.36. The lowest BCUT2D eigenvalue weighted by Crippen LogP contribution is -2.02. The maximum Gasteiger partial charge on any atom is 0.313 e. The third kappa shape index (κ3) is 3.27. The smallest absolute Gasteiger partial charge is 0.313 e. The molecule has 0 unspecified atom stereocenters. The number of hydrogen-bond acceptors (Lipinski definition) is 5. The van der Waals surface area contributed by atoms with Gasteiger partial charge in [-0.2, -0.15) is 0 Å². The monoisotopic (exact) mass is 343 g/mol. The van der Waals surface area contributed by atoms with E-state index in [1.54, 1.807) is 11.7 Å². The van der Waals surface area contributed by atoms with Crippen LogP contribution < -0.4 is 4.74 Å². The molecule has 0 saturated heterocycles. The maximum absolute atomic E-state index is 10.6. The zero-order valence-electron chi connectivity index (χ0n) is 9.91. The van der Waals surface area contributed by atoms with E-state index in [4.69, 9.17) is 9.84 Å². The van der Waals surface area contributed by atoms with Crippen molar-refractivity contribution in [2.75, 3.05) is 12.9 Å². The molecule has 0 amide bonds. The highest BCUT2D eigenvalue weighted by atomic mass is 79.9. The van der Waals surface area contributed by atoms with E-state index in [0.29, 0.717) is 10.9 Å². The topological polar surface area (TPSA) is 77.2 Å². The molecule has 1 heterocycles. The molecule has 0 aliphatic rings. The van der Waals surface area contributed by atoms with Gasteiger partial charge in [-0.15, -0.1) is 10.2 Å². The highest BCUT2D eigenvalue weighted by molar-refractivity contribution is 9.10. The average Bonchev–Trinajstić information content (AvgIpc) is 2.85. The molecular weight excluding hydrogens is 334 g/mol. The van der Waals surface area contributed by atoms with Gasteiger partial charge in [-0.05, 0) is 28.1 Å². The van der Waals surface area contributed by atoms with Crippen molar-refractivity contribution < 1.29 is 14.6 Å². The number of halogens is 1. The van der Waals surface area contributed by atoms with Crippen LogP contribution in [0.25, 0.3) is 5.69 Å². The van der Waals surface area contributed by atoms with Gasteiger partial charge >= 0.3 is 5.97 Å². The van der Waals surface area contributed by atoms with Gasteiger partial charge in [0.05, 0.1) is 18.6 Å². The Morgan fingerprint density at radius 2 is 2.37 bits per heavy atom. The summed E-state index contributed by atoms with van der Waals surface area (Å²) in [6, 6.07) is 5.49. The van der Waals surface area contributed by atoms with Gasteiger partial charge in [-0.3, -0.25) is 9.36 Å². The highest BCUT2D eigenvalue weighted by Crippen LogP contribution is 2.28. The second kappa shape index (κ2) is 6.07. The maximum atomic E-state index is 10.6. The van der Waals surface area contributed by atoms with Crippen molar-refractivity contribution in [2.24, 2.45) is 0 Å². The number of aliphatic carboxylic acids is 1. The van der Waals surface area contributed by atoms with Gasteiger partial charge in [-0.1, -0.05) is 11.8 Å². The molecule has 0 spiro atoms. The lowest BCUT2D eigenvalue weighted by atomic mass is 10.3. The number of methoxy groups -OCH3 is 1. The number of rotatable bonds is 5. The van der Waals surface area contributed by atoms with Crippen LogP contribution in [-0.2, 0) is 4.79 Å². The quantitative estimate of drug-likeness (QED) is 0.838. The Labute approximate surface area is 121 Å². The van der Waals surface area contributed by atoms with Crippen LogP contribution in [0.3, 0.4) is 0 Å². The minimum absolute atomic E-state index is 0.0692. The molecule has 0 fully saturated rings. The van der Waals surface area contributed by atoms with Crippen molar-refractivity contribution in [3.05, 3.63) is 29.0 Å². The van der Waals surface area contributed by atoms with Crippen LogP contribution in [0.4, 0.5) is 0 Å². The standard InChI is InChI=1S/C11H10BrN3O3S/c1-18-7-2-3-8(12)9(4-7)15-6-13-14-11(15)19-5-10(16)17/h2-4,6H,5H2,1H3,(H,16,17). The number of ether oxygens (including phenoxy) is 1. The first kappa shape index (κ1) is 13.9. The molecular formula is C11H10BrN3O3S. The van der Waals surface area contributed by atoms with Crippen LogP contribution in [0.2, 0.25) is 0 Å². The minimum Gasteiger partial charge on any atom is -0.497 e. The molecule has 1 N–H and O–H groups in total. The fraction of sp³-hybridized carbons (Fsp3) is 0.182. The van der Waals surface area contributed by atoms with Crippen LogP contribution in [0.1, 0.15) is 0 Å². The molecule has 0 aliphatic carbocycles. The van der Waals surface area contributed by atoms with E-state index in [1.807, 2.05) is 18.2 Å². The summed E-state index contributed by atoms with van der Waals surface area (Å²) in [6.45, 7) is 0. The van der Waals surface area contributed by atoms with Gasteiger partial charge in [0, 0.05) is 10.5 Å². The molecule has 0 atom stereocenters. The summed E-state index contributed by atoms with van der Waals surface area (Å²) in [6.07, 6.45) is 1.53. The van der Waals surface area contributed by atoms with Gasteiger partial charge < -0.3 is 9.84 Å². The zero-order chi connectivity index (χ0) is 13.8. The fourth-order valence-corrected chi connectivity index (χ4v) is 2.50. The number of carbonyl (C=O) groups is 1. The normalized spacial score (nSPS) is 10.4. The van der Waals surface area contributed by atoms with E-state index in [1.165, 1.54) is 6.33 Å². The van der Waals surface area contributed by atoms with Gasteiger partial charge in [0.25, 0.3) is 0 Å². The van der Waals surface area contributed by atoms with E-state index in [2.05, 4.69) is 26.1 Å². The molecule has 0 bridgehead atoms. The Morgan fingerprint density at radius 3 is 3.05 bits per heavy atom. The number of aromatic nitrogens is 3. The Kier molecular flexibility index (Phi) is 4.43. The van der Waals surface area contributed by atoms with Crippen LogP contribution >= 0.6 is 27.7 Å². The van der Waals surface area contributed by atoms with E-state index in [9.17, 15) is 4.79 Å². The van der Waals surface area contributed by atoms with Crippen molar-refractivity contribution in [3.63, 3.8) is 0 Å². The SMILES string of the molecule is COc1ccc(Br)c(-n2cnnc2SCC(=O)O)c1. The first-order valence-corrected chi connectivity index (χ1v) is 6.98. The summed E-state index contributed by atoms with van der Waals surface area (Å²) in [4.78, 5) is 10.6. The number of nitrogens with zero attached hydrogens (tertiary/aromatic N) is 3. The number of hydrogen-bond donors (Lipinski definition) is 1. The van der Waals surface area contributed by atoms with Crippen LogP contribution in [0, 0.1) is 0 Å². The first-order valence-electron chi connectivity index (χ1n) is 5.20. The predicted octanol–water partition coefficient (Wildman–Crippen LogP) is 2.22. The largest absolute Gasteiger partial charge is 0.497 e. The van der Waals surface area contributed by atoms with E-state index in [-0.39, 0.29) is 5.75 Å². The molecule has 6 nitrogen and oxygen atoms in total. The average molecular weight is 344 g/mol. The van der Waals surface area contributed by atoms with E-state index < -0.39 is 5.97 Å². The lowest BCUT2D eigenvalue weighted by molar-refractivity contribution is -0.133. The summed E-state index contributed by atoms with van der Waals surface area (Å²) in [5.41, 5.74) is 0.789. The van der Waals surface area contributed by atoms with Crippen molar-refractivity contribution in [1.29, 1.82) is 0 Å².